The van der Waals surface area contributed by atoms with Crippen molar-refractivity contribution in [2.45, 2.75) is 12.5 Å². The molecule has 0 spiro atoms. The Kier molecular flexibility index (Phi) is 4.61. The minimum absolute atomic E-state index is 0.251. The van der Waals surface area contributed by atoms with E-state index in [0.29, 0.717) is 16.6 Å². The first-order valence-corrected chi connectivity index (χ1v) is 6.62. The number of halogens is 3. The Morgan fingerprint density at radius 2 is 2.05 bits per heavy atom. The number of aromatic nitrogens is 1. The highest BCUT2D eigenvalue weighted by Gasteiger charge is 2.16. The average molecular weight is 327 g/mol. The summed E-state index contributed by atoms with van der Waals surface area (Å²) in [4.78, 5) is 4.06. The van der Waals surface area contributed by atoms with Crippen molar-refractivity contribution in [3.63, 3.8) is 0 Å². The maximum absolute atomic E-state index is 13.7. The zero-order valence-corrected chi connectivity index (χ0v) is 11.9. The maximum atomic E-state index is 13.7. The molecule has 1 atom stereocenters. The molecule has 0 fully saturated rings. The van der Waals surface area contributed by atoms with Gasteiger partial charge in [0.2, 0.25) is 0 Å². The van der Waals surface area contributed by atoms with E-state index in [4.69, 9.17) is 0 Å². The van der Waals surface area contributed by atoms with E-state index < -0.39 is 0 Å². The molecule has 2 nitrogen and oxygen atoms in total. The Labute approximate surface area is 119 Å². The molecule has 2 aromatic rings. The molecule has 0 saturated heterocycles. The maximum Gasteiger partial charge on any atom is 0.146 e. The van der Waals surface area contributed by atoms with Gasteiger partial charge < -0.3 is 5.32 Å². The van der Waals surface area contributed by atoms with Crippen LogP contribution in [0.25, 0.3) is 0 Å². The van der Waals surface area contributed by atoms with E-state index in [2.05, 4.69) is 26.2 Å². The lowest BCUT2D eigenvalue weighted by atomic mass is 10.0. The molecule has 1 unspecified atom stereocenters. The van der Waals surface area contributed by atoms with E-state index in [0.717, 1.165) is 5.56 Å². The molecule has 0 radical (unpaired) electrons. The summed E-state index contributed by atoms with van der Waals surface area (Å²) in [5.74, 6) is -0.656. The third kappa shape index (κ3) is 3.36. The topological polar surface area (TPSA) is 24.9 Å². The van der Waals surface area contributed by atoms with Gasteiger partial charge in [0.1, 0.15) is 11.6 Å². The SMILES string of the molecule is CNC(Cc1ccc(F)c(Br)c1)c1ncccc1F. The highest BCUT2D eigenvalue weighted by atomic mass is 79.9. The number of nitrogens with zero attached hydrogens (tertiary/aromatic N) is 1. The van der Waals surface area contributed by atoms with Crippen LogP contribution >= 0.6 is 15.9 Å². The number of rotatable bonds is 4. The number of hydrogen-bond acceptors (Lipinski definition) is 2. The normalized spacial score (nSPS) is 12.4. The van der Waals surface area contributed by atoms with Gasteiger partial charge in [0.25, 0.3) is 0 Å². The highest BCUT2D eigenvalue weighted by Crippen LogP contribution is 2.22. The molecule has 0 aliphatic carbocycles. The summed E-state index contributed by atoms with van der Waals surface area (Å²) in [7, 11) is 1.75. The summed E-state index contributed by atoms with van der Waals surface area (Å²) in [5.41, 5.74) is 1.27. The Hall–Kier alpha value is -1.33. The monoisotopic (exact) mass is 326 g/mol. The fraction of sp³-hybridized carbons (Fsp3) is 0.214. The molecule has 1 aromatic heterocycles. The van der Waals surface area contributed by atoms with Crippen molar-refractivity contribution in [1.82, 2.24) is 10.3 Å². The van der Waals surface area contributed by atoms with Gasteiger partial charge in [-0.05, 0) is 59.2 Å². The number of pyridine rings is 1. The van der Waals surface area contributed by atoms with Crippen molar-refractivity contribution >= 4 is 15.9 Å². The Bertz CT molecular complexity index is 575. The molecule has 1 N–H and O–H groups in total. The summed E-state index contributed by atoms with van der Waals surface area (Å²) in [6.45, 7) is 0. The van der Waals surface area contributed by atoms with Gasteiger partial charge in [-0.15, -0.1) is 0 Å². The van der Waals surface area contributed by atoms with Crippen molar-refractivity contribution in [3.8, 4) is 0 Å². The van der Waals surface area contributed by atoms with Crippen molar-refractivity contribution in [2.75, 3.05) is 7.05 Å². The number of likely N-dealkylation sites (N-methyl/N-ethyl adjacent to an activating group) is 1. The second-order valence-electron chi connectivity index (χ2n) is 4.16. The van der Waals surface area contributed by atoms with Gasteiger partial charge in [0.15, 0.2) is 0 Å². The Morgan fingerprint density at radius 3 is 2.68 bits per heavy atom. The highest BCUT2D eigenvalue weighted by molar-refractivity contribution is 9.10. The zero-order valence-electron chi connectivity index (χ0n) is 10.3. The first-order chi connectivity index (χ1) is 9.11. The second kappa shape index (κ2) is 6.21. The molecular formula is C14H13BrF2N2. The third-order valence-electron chi connectivity index (χ3n) is 2.89. The number of hydrogen-bond donors (Lipinski definition) is 1. The molecule has 19 heavy (non-hydrogen) atoms. The van der Waals surface area contributed by atoms with Crippen molar-refractivity contribution in [1.29, 1.82) is 0 Å². The van der Waals surface area contributed by atoms with E-state index in [1.54, 1.807) is 31.4 Å². The summed E-state index contributed by atoms with van der Waals surface area (Å²) >= 11 is 3.14. The van der Waals surface area contributed by atoms with Gasteiger partial charge >= 0.3 is 0 Å². The average Bonchev–Trinajstić information content (AvgIpc) is 2.41. The number of benzene rings is 1. The lowest BCUT2D eigenvalue weighted by Crippen LogP contribution is -2.21. The predicted octanol–water partition coefficient (Wildman–Crippen LogP) is 3.63. The third-order valence-corrected chi connectivity index (χ3v) is 3.50. The molecule has 0 aliphatic heterocycles. The summed E-state index contributed by atoms with van der Waals surface area (Å²) < 4.78 is 27.3. The van der Waals surface area contributed by atoms with Crippen molar-refractivity contribution < 1.29 is 8.78 Å². The lowest BCUT2D eigenvalue weighted by molar-refractivity contribution is 0.516. The molecule has 0 aliphatic rings. The van der Waals surface area contributed by atoms with E-state index in [1.165, 1.54) is 12.1 Å². The fourth-order valence-corrected chi connectivity index (χ4v) is 2.32. The zero-order chi connectivity index (χ0) is 13.8. The van der Waals surface area contributed by atoms with Gasteiger partial charge in [-0.2, -0.15) is 0 Å². The fourth-order valence-electron chi connectivity index (χ4n) is 1.89. The summed E-state index contributed by atoms with van der Waals surface area (Å²) in [5, 5.41) is 3.03. The quantitative estimate of drug-likeness (QED) is 0.928. The van der Waals surface area contributed by atoms with Crippen LogP contribution in [0.3, 0.4) is 0 Å². The van der Waals surface area contributed by atoms with Gasteiger partial charge in [-0.25, -0.2) is 8.78 Å². The largest absolute Gasteiger partial charge is 0.311 e. The van der Waals surface area contributed by atoms with E-state index in [1.807, 2.05) is 0 Å². The van der Waals surface area contributed by atoms with Gasteiger partial charge in [-0.1, -0.05) is 6.07 Å². The second-order valence-corrected chi connectivity index (χ2v) is 5.02. The van der Waals surface area contributed by atoms with Crippen LogP contribution in [0.15, 0.2) is 41.0 Å². The molecule has 0 bridgehead atoms. The van der Waals surface area contributed by atoms with Gasteiger partial charge in [0, 0.05) is 6.20 Å². The van der Waals surface area contributed by atoms with Crippen LogP contribution in [0.2, 0.25) is 0 Å². The van der Waals surface area contributed by atoms with Crippen LogP contribution in [-0.4, -0.2) is 12.0 Å². The molecule has 1 aromatic carbocycles. The Morgan fingerprint density at radius 1 is 1.26 bits per heavy atom. The van der Waals surface area contributed by atoms with E-state index in [9.17, 15) is 8.78 Å². The van der Waals surface area contributed by atoms with Crippen LogP contribution in [0.5, 0.6) is 0 Å². The molecule has 0 saturated carbocycles. The van der Waals surface area contributed by atoms with Crippen LogP contribution in [0.1, 0.15) is 17.3 Å². The smallest absolute Gasteiger partial charge is 0.146 e. The summed E-state index contributed by atoms with van der Waals surface area (Å²) in [6, 6.07) is 7.46. The van der Waals surface area contributed by atoms with Crippen LogP contribution in [0.4, 0.5) is 8.78 Å². The molecule has 100 valence electrons. The van der Waals surface area contributed by atoms with Gasteiger partial charge in [0.05, 0.1) is 16.2 Å². The van der Waals surface area contributed by atoms with E-state index >= 15 is 0 Å². The molecular weight excluding hydrogens is 314 g/mol. The minimum Gasteiger partial charge on any atom is -0.311 e. The molecule has 1 heterocycles. The first kappa shape index (κ1) is 14.1. The van der Waals surface area contributed by atoms with Crippen LogP contribution in [0, 0.1) is 11.6 Å². The minimum atomic E-state index is -0.344. The first-order valence-electron chi connectivity index (χ1n) is 5.83. The standard InChI is InChI=1S/C14H13BrF2N2/c1-18-13(14-12(17)3-2-6-19-14)8-9-4-5-11(16)10(15)7-9/h2-7,13,18H,8H2,1H3. The van der Waals surface area contributed by atoms with E-state index in [-0.39, 0.29) is 17.7 Å². The predicted molar refractivity (Wildman–Crippen MR) is 73.8 cm³/mol. The number of nitrogens with one attached hydrogen (secondary N) is 1. The Balaban J connectivity index is 2.24. The summed E-state index contributed by atoms with van der Waals surface area (Å²) in [6.07, 6.45) is 2.09. The van der Waals surface area contributed by atoms with Crippen LogP contribution < -0.4 is 5.32 Å². The lowest BCUT2D eigenvalue weighted by Gasteiger charge is -2.16. The van der Waals surface area contributed by atoms with Gasteiger partial charge in [-0.3, -0.25) is 4.98 Å². The molecule has 0 amide bonds. The van der Waals surface area contributed by atoms with Crippen LogP contribution in [-0.2, 0) is 6.42 Å². The molecule has 5 heteroatoms. The molecule has 2 rings (SSSR count). The van der Waals surface area contributed by atoms with Crippen molar-refractivity contribution in [3.05, 3.63) is 63.9 Å². The van der Waals surface area contributed by atoms with Crippen molar-refractivity contribution in [2.24, 2.45) is 0 Å².